The number of aliphatic hydroxyl groups excluding tert-OH is 1. The number of rotatable bonds is 6. The molecule has 2 aromatic rings. The van der Waals surface area contributed by atoms with E-state index in [1.807, 2.05) is 18.5 Å². The molecule has 3 atom stereocenters. The molecule has 166 valence electrons. The first kappa shape index (κ1) is 20.4. The maximum absolute atomic E-state index is 12.5. The van der Waals surface area contributed by atoms with Gasteiger partial charge in [0.05, 0.1) is 12.1 Å². The fourth-order valence-electron chi connectivity index (χ4n) is 4.96. The molecule has 8 nitrogen and oxygen atoms in total. The maximum atomic E-state index is 12.5. The molecule has 3 fully saturated rings. The Hall–Kier alpha value is -2.48. The molecule has 3 heterocycles. The van der Waals surface area contributed by atoms with E-state index >= 15 is 0 Å². The molecule has 2 aliphatic carbocycles. The highest BCUT2D eigenvalue weighted by molar-refractivity contribution is 5.40. The Labute approximate surface area is 182 Å². The Morgan fingerprint density at radius 2 is 1.77 bits per heavy atom. The lowest BCUT2D eigenvalue weighted by atomic mass is 9.93. The van der Waals surface area contributed by atoms with Gasteiger partial charge in [-0.15, -0.1) is 0 Å². The van der Waals surface area contributed by atoms with Crippen LogP contribution in [0.4, 0.5) is 11.8 Å². The van der Waals surface area contributed by atoms with Crippen LogP contribution in [0.2, 0.25) is 0 Å². The molecule has 2 aromatic heterocycles. The number of aliphatic hydroxyl groups is 1. The Kier molecular flexibility index (Phi) is 5.89. The molecule has 0 radical (unpaired) electrons. The first-order valence-electron chi connectivity index (χ1n) is 11.8. The maximum Gasteiger partial charge on any atom is 0.267 e. The van der Waals surface area contributed by atoms with Crippen molar-refractivity contribution in [3.63, 3.8) is 0 Å². The number of hydrogen-bond acceptors (Lipinski definition) is 7. The monoisotopic (exact) mass is 424 g/mol. The third-order valence-electron chi connectivity index (χ3n) is 6.96. The van der Waals surface area contributed by atoms with Gasteiger partial charge >= 0.3 is 0 Å². The highest BCUT2D eigenvalue weighted by Crippen LogP contribution is 2.39. The molecule has 2 saturated carbocycles. The average molecular weight is 425 g/mol. The highest BCUT2D eigenvalue weighted by Gasteiger charge is 2.29. The third-order valence-corrected chi connectivity index (χ3v) is 6.96. The van der Waals surface area contributed by atoms with Gasteiger partial charge in [0.25, 0.3) is 5.56 Å². The summed E-state index contributed by atoms with van der Waals surface area (Å²) in [5, 5.41) is 18.6. The van der Waals surface area contributed by atoms with Crippen LogP contribution in [0, 0.1) is 0 Å². The molecular weight excluding hydrogens is 392 g/mol. The van der Waals surface area contributed by atoms with Crippen LogP contribution in [0.15, 0.2) is 29.3 Å². The number of hydrogen-bond donors (Lipinski definition) is 2. The van der Waals surface area contributed by atoms with Gasteiger partial charge < -0.3 is 15.3 Å². The summed E-state index contributed by atoms with van der Waals surface area (Å²) in [6.07, 6.45) is 12.8. The topological polar surface area (TPSA) is 96.2 Å². The lowest BCUT2D eigenvalue weighted by Crippen LogP contribution is -2.45. The SMILES string of the molecule is O=c1ccc(N2CCCCC2CNc2ncc(C3CC3)cn2)nn1C1CCCCC1O. The van der Waals surface area contributed by atoms with E-state index in [1.54, 1.807) is 6.07 Å². The highest BCUT2D eigenvalue weighted by atomic mass is 16.3. The van der Waals surface area contributed by atoms with Crippen LogP contribution < -0.4 is 15.8 Å². The fourth-order valence-corrected chi connectivity index (χ4v) is 4.96. The van der Waals surface area contributed by atoms with Crippen molar-refractivity contribution in [1.29, 1.82) is 0 Å². The predicted molar refractivity (Wildman–Crippen MR) is 119 cm³/mol. The van der Waals surface area contributed by atoms with E-state index in [1.165, 1.54) is 29.5 Å². The van der Waals surface area contributed by atoms with Crippen LogP contribution in [0.25, 0.3) is 0 Å². The Morgan fingerprint density at radius 3 is 2.55 bits per heavy atom. The summed E-state index contributed by atoms with van der Waals surface area (Å²) in [5.41, 5.74) is 1.10. The third kappa shape index (κ3) is 4.59. The second kappa shape index (κ2) is 8.94. The molecule has 3 aliphatic rings. The summed E-state index contributed by atoms with van der Waals surface area (Å²) in [5.74, 6) is 2.14. The minimum atomic E-state index is -0.497. The van der Waals surface area contributed by atoms with Gasteiger partial charge in [0.1, 0.15) is 5.82 Å². The van der Waals surface area contributed by atoms with Crippen LogP contribution >= 0.6 is 0 Å². The Morgan fingerprint density at radius 1 is 1.00 bits per heavy atom. The lowest BCUT2D eigenvalue weighted by molar-refractivity contribution is 0.0669. The van der Waals surface area contributed by atoms with E-state index in [0.29, 0.717) is 11.9 Å². The van der Waals surface area contributed by atoms with Crippen LogP contribution in [0.1, 0.15) is 75.3 Å². The van der Waals surface area contributed by atoms with E-state index in [-0.39, 0.29) is 17.6 Å². The summed E-state index contributed by atoms with van der Waals surface area (Å²) >= 11 is 0. The van der Waals surface area contributed by atoms with Crippen molar-refractivity contribution in [3.05, 3.63) is 40.4 Å². The summed E-state index contributed by atoms with van der Waals surface area (Å²) in [4.78, 5) is 23.8. The van der Waals surface area contributed by atoms with Crippen LogP contribution in [-0.2, 0) is 0 Å². The minimum Gasteiger partial charge on any atom is -0.391 e. The molecule has 31 heavy (non-hydrogen) atoms. The van der Waals surface area contributed by atoms with Gasteiger partial charge in [-0.1, -0.05) is 12.8 Å². The van der Waals surface area contributed by atoms with Crippen molar-refractivity contribution in [2.24, 2.45) is 0 Å². The fraction of sp³-hybridized carbons (Fsp3) is 0.652. The second-order valence-corrected chi connectivity index (χ2v) is 9.23. The zero-order valence-corrected chi connectivity index (χ0v) is 18.0. The standard InChI is InChI=1S/C23H32N6O2/c30-20-7-2-1-6-19(20)29-22(31)11-10-21(27-29)28-12-4-3-5-18(28)15-26-23-24-13-17(14-25-23)16-8-9-16/h10-11,13-14,16,18-20,30H,1-9,12,15H2,(H,24,25,26). The van der Waals surface area contributed by atoms with Gasteiger partial charge in [-0.3, -0.25) is 4.79 Å². The van der Waals surface area contributed by atoms with Gasteiger partial charge in [0, 0.05) is 37.6 Å². The second-order valence-electron chi connectivity index (χ2n) is 9.23. The van der Waals surface area contributed by atoms with Gasteiger partial charge in [0.2, 0.25) is 5.95 Å². The first-order valence-corrected chi connectivity index (χ1v) is 11.8. The van der Waals surface area contributed by atoms with Crippen LogP contribution in [0.5, 0.6) is 0 Å². The van der Waals surface area contributed by atoms with E-state index < -0.39 is 6.10 Å². The summed E-state index contributed by atoms with van der Waals surface area (Å²) in [6.45, 7) is 1.64. The zero-order valence-electron chi connectivity index (χ0n) is 18.0. The van der Waals surface area contributed by atoms with Gasteiger partial charge in [-0.2, -0.15) is 5.10 Å². The van der Waals surface area contributed by atoms with Gasteiger partial charge in [-0.05, 0) is 62.5 Å². The van der Waals surface area contributed by atoms with Crippen LogP contribution in [-0.4, -0.2) is 50.1 Å². The molecule has 2 N–H and O–H groups in total. The number of piperidine rings is 1. The van der Waals surface area contributed by atoms with Gasteiger partial charge in [-0.25, -0.2) is 14.6 Å². The van der Waals surface area contributed by atoms with Crippen molar-refractivity contribution < 1.29 is 5.11 Å². The van der Waals surface area contributed by atoms with Crippen molar-refractivity contribution in [2.45, 2.75) is 81.9 Å². The lowest BCUT2D eigenvalue weighted by Gasteiger charge is -2.37. The summed E-state index contributed by atoms with van der Waals surface area (Å²) < 4.78 is 1.53. The number of anilines is 2. The molecule has 1 saturated heterocycles. The van der Waals surface area contributed by atoms with Crippen molar-refractivity contribution >= 4 is 11.8 Å². The molecule has 8 heteroatoms. The molecule has 0 aromatic carbocycles. The molecule has 0 bridgehead atoms. The van der Waals surface area contributed by atoms with Gasteiger partial charge in [0.15, 0.2) is 0 Å². The smallest absolute Gasteiger partial charge is 0.267 e. The largest absolute Gasteiger partial charge is 0.391 e. The summed E-state index contributed by atoms with van der Waals surface area (Å²) in [7, 11) is 0. The van der Waals surface area contributed by atoms with E-state index in [4.69, 9.17) is 5.10 Å². The van der Waals surface area contributed by atoms with Crippen molar-refractivity contribution in [1.82, 2.24) is 19.7 Å². The molecule has 0 amide bonds. The number of aromatic nitrogens is 4. The van der Waals surface area contributed by atoms with Crippen molar-refractivity contribution in [2.75, 3.05) is 23.3 Å². The molecule has 5 rings (SSSR count). The van der Waals surface area contributed by atoms with E-state index in [9.17, 15) is 9.90 Å². The Balaban J connectivity index is 1.30. The average Bonchev–Trinajstić information content (AvgIpc) is 3.65. The van der Waals surface area contributed by atoms with Crippen molar-refractivity contribution in [3.8, 4) is 0 Å². The normalized spacial score (nSPS) is 26.6. The van der Waals surface area contributed by atoms with E-state index in [0.717, 1.165) is 57.4 Å². The van der Waals surface area contributed by atoms with Crippen LogP contribution in [0.3, 0.4) is 0 Å². The number of nitrogens with one attached hydrogen (secondary N) is 1. The molecule has 1 aliphatic heterocycles. The number of nitrogens with zero attached hydrogens (tertiary/aromatic N) is 5. The van der Waals surface area contributed by atoms with E-state index in [2.05, 4.69) is 20.2 Å². The molecular formula is C23H32N6O2. The Bertz CT molecular complexity index is 942. The molecule has 0 spiro atoms. The molecule has 3 unspecified atom stereocenters. The minimum absolute atomic E-state index is 0.134. The summed E-state index contributed by atoms with van der Waals surface area (Å²) in [6, 6.07) is 3.46. The predicted octanol–water partition coefficient (Wildman–Crippen LogP) is 2.86. The first-order chi connectivity index (χ1) is 15.2. The zero-order chi connectivity index (χ0) is 21.2. The quantitative estimate of drug-likeness (QED) is 0.736.